The molecule has 120 valence electrons. The van der Waals surface area contributed by atoms with Gasteiger partial charge in [0.25, 0.3) is 11.6 Å². The number of nitro groups is 1. The predicted molar refractivity (Wildman–Crippen MR) is 82.8 cm³/mol. The van der Waals surface area contributed by atoms with E-state index in [-0.39, 0.29) is 23.7 Å². The second-order valence-electron chi connectivity index (χ2n) is 6.08. The summed E-state index contributed by atoms with van der Waals surface area (Å²) < 4.78 is 0. The second-order valence-corrected chi connectivity index (χ2v) is 6.08. The Morgan fingerprint density at radius 2 is 1.95 bits per heavy atom. The van der Waals surface area contributed by atoms with Crippen molar-refractivity contribution < 1.29 is 14.8 Å². The van der Waals surface area contributed by atoms with E-state index in [1.165, 1.54) is 12.1 Å². The number of hydrogen-bond donors (Lipinski definition) is 2. The lowest BCUT2D eigenvalue weighted by Crippen LogP contribution is -2.42. The maximum absolute atomic E-state index is 12.3. The maximum Gasteiger partial charge on any atom is 0.270 e. The number of carbonyl (C=O) groups is 1. The molecule has 0 atom stereocenters. The summed E-state index contributed by atoms with van der Waals surface area (Å²) in [6, 6.07) is 4.22. The fraction of sp³-hybridized carbons (Fsp3) is 0.562. The number of hydrogen-bond acceptors (Lipinski definition) is 4. The first-order valence-electron chi connectivity index (χ1n) is 7.67. The van der Waals surface area contributed by atoms with Gasteiger partial charge in [0.05, 0.1) is 10.5 Å². The van der Waals surface area contributed by atoms with Crippen LogP contribution in [0.4, 0.5) is 5.69 Å². The maximum atomic E-state index is 12.3. The summed E-state index contributed by atoms with van der Waals surface area (Å²) in [7, 11) is 0. The molecule has 1 aromatic rings. The summed E-state index contributed by atoms with van der Waals surface area (Å²) in [6.45, 7) is 1.92. The van der Waals surface area contributed by atoms with Crippen molar-refractivity contribution in [2.45, 2.75) is 51.0 Å². The van der Waals surface area contributed by atoms with Crippen LogP contribution in [0.3, 0.4) is 0 Å². The molecule has 1 aromatic carbocycles. The average Bonchev–Trinajstić information content (AvgIpc) is 2.70. The molecule has 22 heavy (non-hydrogen) atoms. The molecule has 0 saturated heterocycles. The number of amides is 1. The van der Waals surface area contributed by atoms with Gasteiger partial charge in [-0.05, 0) is 25.3 Å². The summed E-state index contributed by atoms with van der Waals surface area (Å²) in [5.74, 6) is -0.376. The van der Waals surface area contributed by atoms with Crippen molar-refractivity contribution in [1.29, 1.82) is 0 Å². The van der Waals surface area contributed by atoms with Crippen molar-refractivity contribution in [1.82, 2.24) is 5.32 Å². The molecule has 0 aromatic heterocycles. The van der Waals surface area contributed by atoms with E-state index in [0.717, 1.165) is 25.7 Å². The molecule has 2 rings (SSSR count). The number of nitrogens with zero attached hydrogens (tertiary/aromatic N) is 1. The van der Waals surface area contributed by atoms with Gasteiger partial charge in [-0.2, -0.15) is 0 Å². The number of non-ortho nitro benzene ring substituents is 1. The Hall–Kier alpha value is -1.95. The van der Waals surface area contributed by atoms with Crippen LogP contribution in [0.1, 0.15) is 54.4 Å². The van der Waals surface area contributed by atoms with Gasteiger partial charge >= 0.3 is 0 Å². The molecule has 1 aliphatic carbocycles. The van der Waals surface area contributed by atoms with Crippen LogP contribution in [0.25, 0.3) is 0 Å². The first kappa shape index (κ1) is 16.4. The summed E-state index contributed by atoms with van der Waals surface area (Å²) in [4.78, 5) is 22.6. The Morgan fingerprint density at radius 3 is 2.55 bits per heavy atom. The normalized spacial score (nSPS) is 17.5. The summed E-state index contributed by atoms with van der Waals surface area (Å²) in [5, 5.41) is 24.1. The fourth-order valence-electron chi connectivity index (χ4n) is 2.87. The molecule has 6 nitrogen and oxygen atoms in total. The van der Waals surface area contributed by atoms with Gasteiger partial charge in [0.15, 0.2) is 0 Å². The van der Waals surface area contributed by atoms with Gasteiger partial charge in [-0.3, -0.25) is 14.9 Å². The Labute approximate surface area is 129 Å². The number of carbonyl (C=O) groups excluding carboxylic acids is 1. The first-order valence-corrected chi connectivity index (χ1v) is 7.67. The lowest BCUT2D eigenvalue weighted by molar-refractivity contribution is -0.384. The largest absolute Gasteiger partial charge is 0.388 e. The SMILES string of the molecule is Cc1ccc([N+](=O)[O-])cc1C(=O)NCC1(O)CCCCCC1. The molecule has 0 unspecified atom stereocenters. The van der Waals surface area contributed by atoms with Crippen molar-refractivity contribution in [2.24, 2.45) is 0 Å². The zero-order valence-corrected chi connectivity index (χ0v) is 12.8. The Kier molecular flexibility index (Phi) is 5.13. The standard InChI is InChI=1S/C16H22N2O4/c1-12-6-7-13(18(21)22)10-14(12)15(19)17-11-16(20)8-4-2-3-5-9-16/h6-7,10,20H,2-5,8-9,11H2,1H3,(H,17,19). The smallest absolute Gasteiger partial charge is 0.270 e. The molecule has 2 N–H and O–H groups in total. The van der Waals surface area contributed by atoms with E-state index in [1.54, 1.807) is 13.0 Å². The lowest BCUT2D eigenvalue weighted by atomic mass is 9.94. The zero-order valence-electron chi connectivity index (χ0n) is 12.8. The van der Waals surface area contributed by atoms with Crippen molar-refractivity contribution in [3.63, 3.8) is 0 Å². The highest BCUT2D eigenvalue weighted by Crippen LogP contribution is 2.26. The minimum absolute atomic E-state index is 0.107. The molecule has 0 radical (unpaired) electrons. The van der Waals surface area contributed by atoms with E-state index in [0.29, 0.717) is 18.4 Å². The van der Waals surface area contributed by atoms with Gasteiger partial charge in [0.2, 0.25) is 0 Å². The quantitative estimate of drug-likeness (QED) is 0.508. The molecule has 0 spiro atoms. The van der Waals surface area contributed by atoms with Crippen LogP contribution in [-0.2, 0) is 0 Å². The van der Waals surface area contributed by atoms with Gasteiger partial charge < -0.3 is 10.4 Å². The minimum Gasteiger partial charge on any atom is -0.388 e. The van der Waals surface area contributed by atoms with E-state index in [4.69, 9.17) is 0 Å². The molecular weight excluding hydrogens is 284 g/mol. The Bertz CT molecular complexity index is 563. The Balaban J connectivity index is 2.05. The van der Waals surface area contributed by atoms with Crippen molar-refractivity contribution >= 4 is 11.6 Å². The number of rotatable bonds is 4. The molecule has 0 heterocycles. The zero-order chi connectivity index (χ0) is 16.2. The third kappa shape index (κ3) is 4.04. The number of nitrogens with one attached hydrogen (secondary N) is 1. The topological polar surface area (TPSA) is 92.5 Å². The summed E-state index contributed by atoms with van der Waals surface area (Å²) in [6.07, 6.45) is 5.51. The van der Waals surface area contributed by atoms with Crippen LogP contribution in [0, 0.1) is 17.0 Å². The first-order chi connectivity index (χ1) is 10.4. The van der Waals surface area contributed by atoms with Crippen LogP contribution in [-0.4, -0.2) is 28.1 Å². The third-order valence-electron chi connectivity index (χ3n) is 4.29. The van der Waals surface area contributed by atoms with Crippen molar-refractivity contribution in [2.75, 3.05) is 6.54 Å². The number of benzene rings is 1. The summed E-state index contributed by atoms with van der Waals surface area (Å²) >= 11 is 0. The monoisotopic (exact) mass is 306 g/mol. The van der Waals surface area contributed by atoms with Gasteiger partial charge in [-0.1, -0.05) is 31.7 Å². The predicted octanol–water partition coefficient (Wildman–Crippen LogP) is 2.72. The van der Waals surface area contributed by atoms with Gasteiger partial charge in [-0.15, -0.1) is 0 Å². The average molecular weight is 306 g/mol. The molecule has 1 fully saturated rings. The molecule has 0 aliphatic heterocycles. The molecule has 1 amide bonds. The van der Waals surface area contributed by atoms with Gasteiger partial charge in [-0.25, -0.2) is 0 Å². The highest BCUT2D eigenvalue weighted by atomic mass is 16.6. The van der Waals surface area contributed by atoms with Crippen LogP contribution in [0.5, 0.6) is 0 Å². The molecular formula is C16H22N2O4. The number of aryl methyl sites for hydroxylation is 1. The molecule has 1 saturated carbocycles. The molecule has 6 heteroatoms. The number of aliphatic hydroxyl groups is 1. The summed E-state index contributed by atoms with van der Waals surface area (Å²) in [5.41, 5.74) is -0.00728. The van der Waals surface area contributed by atoms with Crippen LogP contribution in [0.15, 0.2) is 18.2 Å². The molecule has 0 bridgehead atoms. The van der Waals surface area contributed by atoms with Crippen molar-refractivity contribution in [3.8, 4) is 0 Å². The van der Waals surface area contributed by atoms with Crippen LogP contribution in [0.2, 0.25) is 0 Å². The van der Waals surface area contributed by atoms with E-state index in [9.17, 15) is 20.0 Å². The van der Waals surface area contributed by atoms with E-state index in [2.05, 4.69) is 5.32 Å². The highest BCUT2D eigenvalue weighted by molar-refractivity contribution is 5.96. The van der Waals surface area contributed by atoms with E-state index < -0.39 is 10.5 Å². The van der Waals surface area contributed by atoms with Crippen LogP contribution >= 0.6 is 0 Å². The highest BCUT2D eigenvalue weighted by Gasteiger charge is 2.28. The lowest BCUT2D eigenvalue weighted by Gasteiger charge is -2.26. The minimum atomic E-state index is -0.860. The van der Waals surface area contributed by atoms with Gasteiger partial charge in [0, 0.05) is 24.2 Å². The van der Waals surface area contributed by atoms with Crippen molar-refractivity contribution in [3.05, 3.63) is 39.4 Å². The van der Waals surface area contributed by atoms with Crippen LogP contribution < -0.4 is 5.32 Å². The number of nitro benzene ring substituents is 1. The van der Waals surface area contributed by atoms with E-state index in [1.807, 2.05) is 0 Å². The Morgan fingerprint density at radius 1 is 1.32 bits per heavy atom. The van der Waals surface area contributed by atoms with Gasteiger partial charge in [0.1, 0.15) is 0 Å². The second kappa shape index (κ2) is 6.87. The third-order valence-corrected chi connectivity index (χ3v) is 4.29. The fourth-order valence-corrected chi connectivity index (χ4v) is 2.87. The molecule has 1 aliphatic rings. The van der Waals surface area contributed by atoms with E-state index >= 15 is 0 Å².